The Kier molecular flexibility index (Phi) is 3.46. The van der Waals surface area contributed by atoms with E-state index >= 15 is 0 Å². The molecule has 2 aromatic carbocycles. The van der Waals surface area contributed by atoms with Gasteiger partial charge < -0.3 is 14.2 Å². The van der Waals surface area contributed by atoms with Gasteiger partial charge in [-0.3, -0.25) is 4.90 Å². The van der Waals surface area contributed by atoms with Crippen molar-refractivity contribution in [1.29, 1.82) is 0 Å². The summed E-state index contributed by atoms with van der Waals surface area (Å²) in [6, 6.07) is 12.0. The van der Waals surface area contributed by atoms with Crippen molar-refractivity contribution in [2.75, 3.05) is 18.8 Å². The number of rotatable bonds is 1. The summed E-state index contributed by atoms with van der Waals surface area (Å²) in [5.41, 5.74) is 3.67. The molecule has 4 rings (SSSR count). The van der Waals surface area contributed by atoms with Crippen LogP contribution in [-0.4, -0.2) is 20.0 Å². The molecule has 0 fully saturated rings. The van der Waals surface area contributed by atoms with Crippen LogP contribution in [0.3, 0.4) is 0 Å². The number of hydrogen-bond acceptors (Lipinski definition) is 4. The number of benzene rings is 2. The first-order valence-electron chi connectivity index (χ1n) is 8.11. The summed E-state index contributed by atoms with van der Waals surface area (Å²) in [7, 11) is 1.38. The molecule has 0 radical (unpaired) electrons. The van der Waals surface area contributed by atoms with Crippen molar-refractivity contribution in [2.45, 2.75) is 19.3 Å². The van der Waals surface area contributed by atoms with Crippen LogP contribution < -0.4 is 14.4 Å². The third-order valence-corrected chi connectivity index (χ3v) is 4.87. The van der Waals surface area contributed by atoms with Crippen LogP contribution in [0.1, 0.15) is 23.6 Å². The lowest BCUT2D eigenvalue weighted by molar-refractivity contribution is 0.174. The molecule has 2 aromatic rings. The third kappa shape index (κ3) is 2.35. The van der Waals surface area contributed by atoms with Crippen LogP contribution in [0.2, 0.25) is 0 Å². The van der Waals surface area contributed by atoms with E-state index in [1.165, 1.54) is 12.0 Å². The van der Waals surface area contributed by atoms with Crippen molar-refractivity contribution in [2.24, 2.45) is 0 Å². The predicted molar refractivity (Wildman–Crippen MR) is 94.2 cm³/mol. The second-order valence-corrected chi connectivity index (χ2v) is 6.45. The lowest BCUT2D eigenvalue weighted by Crippen LogP contribution is -2.34. The standard InChI is InChI=1S/C20H19NO4/c1-13-4-6-16-15(10-13)20(2,8-9-21(16)19(22)23-3)14-5-7-17-18(11-14)25-12-24-17/h4-11H,12H2,1-3H3. The van der Waals surface area contributed by atoms with Gasteiger partial charge in [-0.1, -0.05) is 29.8 Å². The largest absolute Gasteiger partial charge is 0.454 e. The summed E-state index contributed by atoms with van der Waals surface area (Å²) < 4.78 is 15.9. The van der Waals surface area contributed by atoms with Gasteiger partial charge in [0.05, 0.1) is 12.8 Å². The molecular formula is C20H19NO4. The molecular weight excluding hydrogens is 318 g/mol. The van der Waals surface area contributed by atoms with Gasteiger partial charge in [0, 0.05) is 11.6 Å². The van der Waals surface area contributed by atoms with E-state index in [-0.39, 0.29) is 6.79 Å². The maximum Gasteiger partial charge on any atom is 0.418 e. The van der Waals surface area contributed by atoms with Crippen molar-refractivity contribution in [3.63, 3.8) is 0 Å². The molecule has 0 spiro atoms. The number of aryl methyl sites for hydroxylation is 1. The highest BCUT2D eigenvalue weighted by atomic mass is 16.7. The molecule has 0 bridgehead atoms. The Morgan fingerprint density at radius 3 is 2.76 bits per heavy atom. The van der Waals surface area contributed by atoms with E-state index in [4.69, 9.17) is 14.2 Å². The quantitative estimate of drug-likeness (QED) is 0.785. The van der Waals surface area contributed by atoms with E-state index in [1.807, 2.05) is 43.3 Å². The fraction of sp³-hybridized carbons (Fsp3) is 0.250. The maximum absolute atomic E-state index is 12.1. The molecule has 5 heteroatoms. The molecule has 0 aliphatic carbocycles. The molecule has 1 atom stereocenters. The normalized spacial score (nSPS) is 20.4. The second-order valence-electron chi connectivity index (χ2n) is 6.45. The van der Waals surface area contributed by atoms with Gasteiger partial charge in [0.25, 0.3) is 0 Å². The molecule has 1 unspecified atom stereocenters. The molecule has 0 saturated carbocycles. The van der Waals surface area contributed by atoms with Crippen LogP contribution in [0.4, 0.5) is 10.5 Å². The lowest BCUT2D eigenvalue weighted by atomic mass is 9.73. The van der Waals surface area contributed by atoms with Crippen LogP contribution in [0.15, 0.2) is 48.7 Å². The van der Waals surface area contributed by atoms with E-state index < -0.39 is 11.5 Å². The summed E-state index contributed by atoms with van der Waals surface area (Å²) in [6.07, 6.45) is 3.38. The summed E-state index contributed by atoms with van der Waals surface area (Å²) in [4.78, 5) is 13.7. The summed E-state index contributed by atoms with van der Waals surface area (Å²) in [5.74, 6) is 1.50. The monoisotopic (exact) mass is 337 g/mol. The van der Waals surface area contributed by atoms with Gasteiger partial charge in [-0.15, -0.1) is 0 Å². The van der Waals surface area contributed by atoms with Gasteiger partial charge in [-0.25, -0.2) is 4.79 Å². The van der Waals surface area contributed by atoms with Crippen molar-refractivity contribution in [3.8, 4) is 11.5 Å². The maximum atomic E-state index is 12.1. The number of carbonyl (C=O) groups excluding carboxylic acids is 1. The molecule has 0 N–H and O–H groups in total. The molecule has 1 amide bonds. The minimum absolute atomic E-state index is 0.247. The highest BCUT2D eigenvalue weighted by Crippen LogP contribution is 2.45. The SMILES string of the molecule is COC(=O)N1C=CC(C)(c2ccc3c(c2)OCO3)c2cc(C)ccc21. The summed E-state index contributed by atoms with van der Waals surface area (Å²) in [6.45, 7) is 4.42. The Labute approximate surface area is 146 Å². The number of allylic oxidation sites excluding steroid dienone is 1. The van der Waals surface area contributed by atoms with E-state index in [1.54, 1.807) is 6.20 Å². The number of nitrogens with zero attached hydrogens (tertiary/aromatic N) is 1. The Balaban J connectivity index is 1.88. The van der Waals surface area contributed by atoms with Gasteiger partial charge in [-0.2, -0.15) is 0 Å². The first kappa shape index (κ1) is 15.6. The van der Waals surface area contributed by atoms with E-state index in [0.717, 1.165) is 33.9 Å². The lowest BCUT2D eigenvalue weighted by Gasteiger charge is -2.36. The van der Waals surface area contributed by atoms with Gasteiger partial charge in [0.1, 0.15) is 0 Å². The first-order chi connectivity index (χ1) is 12.0. The third-order valence-electron chi connectivity index (χ3n) is 4.87. The molecule has 2 heterocycles. The molecule has 2 aliphatic heterocycles. The number of amides is 1. The highest BCUT2D eigenvalue weighted by Gasteiger charge is 2.36. The van der Waals surface area contributed by atoms with Crippen molar-refractivity contribution >= 4 is 11.8 Å². The van der Waals surface area contributed by atoms with Gasteiger partial charge >= 0.3 is 6.09 Å². The zero-order valence-corrected chi connectivity index (χ0v) is 14.4. The number of fused-ring (bicyclic) bond motifs is 2. The molecule has 5 nitrogen and oxygen atoms in total. The van der Waals surface area contributed by atoms with Gasteiger partial charge in [0.2, 0.25) is 6.79 Å². The number of carbonyl (C=O) groups is 1. The summed E-state index contributed by atoms with van der Waals surface area (Å²) in [5, 5.41) is 0. The number of anilines is 1. The van der Waals surface area contributed by atoms with Crippen molar-refractivity contribution < 1.29 is 19.0 Å². The number of hydrogen-bond donors (Lipinski definition) is 0. The highest BCUT2D eigenvalue weighted by molar-refractivity contribution is 5.92. The van der Waals surface area contributed by atoms with E-state index in [2.05, 4.69) is 13.0 Å². The number of methoxy groups -OCH3 is 1. The molecule has 0 aromatic heterocycles. The van der Waals surface area contributed by atoms with Crippen LogP contribution in [0, 0.1) is 6.92 Å². The van der Waals surface area contributed by atoms with E-state index in [9.17, 15) is 4.79 Å². The zero-order valence-electron chi connectivity index (χ0n) is 14.4. The Morgan fingerprint density at radius 1 is 1.16 bits per heavy atom. The first-order valence-corrected chi connectivity index (χ1v) is 8.11. The van der Waals surface area contributed by atoms with Crippen LogP contribution in [0.25, 0.3) is 0 Å². The molecule has 2 aliphatic rings. The topological polar surface area (TPSA) is 48.0 Å². The average molecular weight is 337 g/mol. The Morgan fingerprint density at radius 2 is 1.96 bits per heavy atom. The van der Waals surface area contributed by atoms with Crippen LogP contribution >= 0.6 is 0 Å². The predicted octanol–water partition coefficient (Wildman–Crippen LogP) is 4.13. The molecule has 0 saturated heterocycles. The van der Waals surface area contributed by atoms with Crippen molar-refractivity contribution in [3.05, 3.63) is 65.4 Å². The Hall–Kier alpha value is -2.95. The van der Waals surface area contributed by atoms with Crippen LogP contribution in [0.5, 0.6) is 11.5 Å². The average Bonchev–Trinajstić information content (AvgIpc) is 3.09. The molecule has 128 valence electrons. The fourth-order valence-corrected chi connectivity index (χ4v) is 3.40. The minimum atomic E-state index is -0.408. The smallest absolute Gasteiger partial charge is 0.418 e. The minimum Gasteiger partial charge on any atom is -0.454 e. The van der Waals surface area contributed by atoms with Gasteiger partial charge in [-0.05, 0) is 43.2 Å². The van der Waals surface area contributed by atoms with Crippen LogP contribution in [-0.2, 0) is 10.2 Å². The van der Waals surface area contributed by atoms with Crippen molar-refractivity contribution in [1.82, 2.24) is 0 Å². The number of ether oxygens (including phenoxy) is 3. The summed E-state index contributed by atoms with van der Waals surface area (Å²) >= 11 is 0. The fourth-order valence-electron chi connectivity index (χ4n) is 3.40. The Bertz CT molecular complexity index is 889. The van der Waals surface area contributed by atoms with E-state index in [0.29, 0.717) is 0 Å². The molecule has 25 heavy (non-hydrogen) atoms. The van der Waals surface area contributed by atoms with Gasteiger partial charge in [0.15, 0.2) is 11.5 Å². The second kappa shape index (κ2) is 5.55. The zero-order chi connectivity index (χ0) is 17.6.